The van der Waals surface area contributed by atoms with Gasteiger partial charge < -0.3 is 5.32 Å². The second-order valence-corrected chi connectivity index (χ2v) is 11.3. The van der Waals surface area contributed by atoms with Gasteiger partial charge in [-0.3, -0.25) is 18.6 Å². The first-order valence-corrected chi connectivity index (χ1v) is 12.4. The molecule has 174 valence electrons. The van der Waals surface area contributed by atoms with Crippen molar-refractivity contribution in [1.29, 1.82) is 5.26 Å². The molecule has 2 heterocycles. The SMILES string of the molecule is CC(=O)NC(C#N)CCC12C=CC(C)(C(C(=O)c3ccccc3)C1C(=O)c1ccccc1)S2=O. The molecule has 0 saturated carbocycles. The average Bonchev–Trinajstić information content (AvgIpc) is 3.21. The molecule has 2 aromatic rings. The highest BCUT2D eigenvalue weighted by Gasteiger charge is 2.70. The number of benzene rings is 2. The molecule has 0 aromatic heterocycles. The van der Waals surface area contributed by atoms with E-state index in [1.807, 2.05) is 24.3 Å². The molecular formula is C27H26N2O4S. The number of ketones is 2. The number of hydrogen-bond acceptors (Lipinski definition) is 5. The zero-order valence-electron chi connectivity index (χ0n) is 19.1. The minimum absolute atomic E-state index is 0.212. The maximum absolute atomic E-state index is 14.0. The van der Waals surface area contributed by atoms with Gasteiger partial charge in [0.1, 0.15) is 6.04 Å². The predicted molar refractivity (Wildman–Crippen MR) is 129 cm³/mol. The fourth-order valence-electron chi connectivity index (χ4n) is 5.36. The molecule has 7 heteroatoms. The fourth-order valence-corrected chi connectivity index (χ4v) is 7.81. The molecular weight excluding hydrogens is 448 g/mol. The summed E-state index contributed by atoms with van der Waals surface area (Å²) in [4.78, 5) is 39.2. The van der Waals surface area contributed by atoms with Crippen LogP contribution in [0.25, 0.3) is 0 Å². The molecule has 1 saturated heterocycles. The van der Waals surface area contributed by atoms with Crippen LogP contribution in [0.1, 0.15) is 47.4 Å². The summed E-state index contributed by atoms with van der Waals surface area (Å²) < 4.78 is 11.9. The molecule has 34 heavy (non-hydrogen) atoms. The van der Waals surface area contributed by atoms with Gasteiger partial charge in [-0.25, -0.2) is 0 Å². The van der Waals surface area contributed by atoms with E-state index in [-0.39, 0.29) is 30.3 Å². The van der Waals surface area contributed by atoms with Gasteiger partial charge in [0.2, 0.25) is 5.91 Å². The van der Waals surface area contributed by atoms with Gasteiger partial charge in [-0.15, -0.1) is 0 Å². The van der Waals surface area contributed by atoms with Crippen LogP contribution in [0.2, 0.25) is 0 Å². The van der Waals surface area contributed by atoms with Crippen molar-refractivity contribution in [2.24, 2.45) is 11.8 Å². The lowest BCUT2D eigenvalue weighted by molar-refractivity contribution is -0.119. The van der Waals surface area contributed by atoms with E-state index in [4.69, 9.17) is 0 Å². The highest BCUT2D eigenvalue weighted by atomic mass is 32.2. The fraction of sp³-hybridized carbons (Fsp3) is 0.333. The van der Waals surface area contributed by atoms with Crippen LogP contribution in [0.3, 0.4) is 0 Å². The van der Waals surface area contributed by atoms with E-state index >= 15 is 0 Å². The molecule has 6 nitrogen and oxygen atoms in total. The van der Waals surface area contributed by atoms with Crippen LogP contribution < -0.4 is 5.32 Å². The first-order valence-electron chi connectivity index (χ1n) is 11.2. The van der Waals surface area contributed by atoms with Crippen LogP contribution in [0.4, 0.5) is 0 Å². The number of amides is 1. The Morgan fingerprint density at radius 3 is 2.00 bits per heavy atom. The Bertz CT molecular complexity index is 1220. The molecule has 1 fully saturated rings. The molecule has 2 aliphatic rings. The van der Waals surface area contributed by atoms with Crippen molar-refractivity contribution in [1.82, 2.24) is 5.32 Å². The van der Waals surface area contributed by atoms with Crippen LogP contribution in [0, 0.1) is 23.2 Å². The Hall–Kier alpha value is -3.37. The Morgan fingerprint density at radius 2 is 1.50 bits per heavy atom. The quantitative estimate of drug-likeness (QED) is 0.465. The molecule has 1 N–H and O–H groups in total. The maximum atomic E-state index is 14.0. The summed E-state index contributed by atoms with van der Waals surface area (Å²) >= 11 is 0. The highest BCUT2D eigenvalue weighted by molar-refractivity contribution is 7.89. The van der Waals surface area contributed by atoms with Crippen LogP contribution in [0.15, 0.2) is 72.8 Å². The van der Waals surface area contributed by atoms with Crippen molar-refractivity contribution < 1.29 is 18.6 Å². The number of carbonyl (C=O) groups excluding carboxylic acids is 3. The van der Waals surface area contributed by atoms with Gasteiger partial charge in [0.15, 0.2) is 11.6 Å². The largest absolute Gasteiger partial charge is 0.341 e. The molecule has 1 amide bonds. The molecule has 2 aliphatic heterocycles. The summed E-state index contributed by atoms with van der Waals surface area (Å²) in [5.41, 5.74) is 0.929. The molecule has 6 atom stereocenters. The van der Waals surface area contributed by atoms with Crippen molar-refractivity contribution >= 4 is 28.3 Å². The number of rotatable bonds is 8. The van der Waals surface area contributed by atoms with Crippen LogP contribution in [-0.4, -0.2) is 37.2 Å². The highest BCUT2D eigenvalue weighted by Crippen LogP contribution is 2.59. The minimum Gasteiger partial charge on any atom is -0.341 e. The zero-order valence-corrected chi connectivity index (χ0v) is 19.9. The minimum atomic E-state index is -1.58. The third-order valence-electron chi connectivity index (χ3n) is 6.96. The van der Waals surface area contributed by atoms with E-state index in [0.717, 1.165) is 0 Å². The zero-order chi connectivity index (χ0) is 24.5. The lowest BCUT2D eigenvalue weighted by Crippen LogP contribution is -2.46. The number of fused-ring (bicyclic) bond motifs is 2. The molecule has 6 unspecified atom stereocenters. The average molecular weight is 475 g/mol. The normalized spacial score (nSPS) is 29.9. The number of carbonyl (C=O) groups is 3. The summed E-state index contributed by atoms with van der Waals surface area (Å²) in [7, 11) is -1.58. The van der Waals surface area contributed by atoms with Crippen molar-refractivity contribution in [3.63, 3.8) is 0 Å². The Balaban J connectivity index is 1.80. The Kier molecular flexibility index (Phi) is 6.37. The molecule has 0 radical (unpaired) electrons. The number of nitrogens with zero attached hydrogens (tertiary/aromatic N) is 1. The van der Waals surface area contributed by atoms with Gasteiger partial charge in [-0.1, -0.05) is 72.8 Å². The van der Waals surface area contributed by atoms with E-state index < -0.39 is 38.2 Å². The van der Waals surface area contributed by atoms with E-state index in [2.05, 4.69) is 11.4 Å². The monoisotopic (exact) mass is 474 g/mol. The topological polar surface area (TPSA) is 104 Å². The van der Waals surface area contributed by atoms with E-state index in [0.29, 0.717) is 11.1 Å². The summed E-state index contributed by atoms with van der Waals surface area (Å²) in [6.07, 6.45) is 4.06. The van der Waals surface area contributed by atoms with Gasteiger partial charge >= 0.3 is 0 Å². The van der Waals surface area contributed by atoms with E-state index in [1.54, 1.807) is 55.5 Å². The van der Waals surface area contributed by atoms with Crippen LogP contribution >= 0.6 is 0 Å². The third kappa shape index (κ3) is 3.82. The lowest BCUT2D eigenvalue weighted by Gasteiger charge is -2.34. The van der Waals surface area contributed by atoms with Gasteiger partial charge in [0.05, 0.1) is 27.4 Å². The molecule has 2 bridgehead atoms. The summed E-state index contributed by atoms with van der Waals surface area (Å²) in [5.74, 6) is -2.44. The van der Waals surface area contributed by atoms with E-state index in [9.17, 15) is 23.9 Å². The first-order chi connectivity index (χ1) is 16.2. The number of hydrogen-bond donors (Lipinski definition) is 1. The van der Waals surface area contributed by atoms with Crippen molar-refractivity contribution in [2.45, 2.75) is 42.2 Å². The van der Waals surface area contributed by atoms with Crippen LogP contribution in [0.5, 0.6) is 0 Å². The predicted octanol–water partition coefficient (Wildman–Crippen LogP) is 3.62. The summed E-state index contributed by atoms with van der Waals surface area (Å²) in [6, 6.07) is 18.8. The first kappa shape index (κ1) is 23.8. The summed E-state index contributed by atoms with van der Waals surface area (Å²) in [6.45, 7) is 3.11. The van der Waals surface area contributed by atoms with Crippen LogP contribution in [-0.2, 0) is 15.6 Å². The second kappa shape index (κ2) is 9.11. The molecule has 2 aromatic carbocycles. The molecule has 0 aliphatic carbocycles. The summed E-state index contributed by atoms with van der Waals surface area (Å²) in [5, 5.41) is 12.1. The lowest BCUT2D eigenvalue weighted by atomic mass is 9.64. The number of nitrogens with one attached hydrogen (secondary N) is 1. The Labute approximate surface area is 201 Å². The standard InChI is InChI=1S/C27H26N2O4S/c1-18(30)29-21(17-28)13-14-27-16-15-26(2,34(27)33)22(24(31)19-9-5-3-6-10-19)23(27)25(32)20-11-7-4-8-12-20/h3-12,15-16,21-23H,13-14H2,1-2H3,(H,29,30). The van der Waals surface area contributed by atoms with Crippen molar-refractivity contribution in [3.05, 3.63) is 83.9 Å². The van der Waals surface area contributed by atoms with Gasteiger partial charge in [-0.2, -0.15) is 5.26 Å². The maximum Gasteiger partial charge on any atom is 0.217 e. The number of nitriles is 1. The Morgan fingerprint density at radius 1 is 0.971 bits per heavy atom. The molecule has 4 rings (SSSR count). The van der Waals surface area contributed by atoms with Crippen molar-refractivity contribution in [3.8, 4) is 6.07 Å². The third-order valence-corrected chi connectivity index (χ3v) is 9.43. The van der Waals surface area contributed by atoms with Gasteiger partial charge in [0.25, 0.3) is 0 Å². The number of Topliss-reactive ketones (excluding diaryl/α,β-unsaturated/α-hetero) is 2. The van der Waals surface area contributed by atoms with Gasteiger partial charge in [0, 0.05) is 28.9 Å². The van der Waals surface area contributed by atoms with Gasteiger partial charge in [-0.05, 0) is 19.8 Å². The smallest absolute Gasteiger partial charge is 0.217 e. The van der Waals surface area contributed by atoms with Crippen molar-refractivity contribution in [2.75, 3.05) is 0 Å². The van der Waals surface area contributed by atoms with E-state index in [1.165, 1.54) is 6.92 Å². The second-order valence-electron chi connectivity index (χ2n) is 9.08. The molecule has 0 spiro atoms.